The average Bonchev–Trinajstić information content (AvgIpc) is 2.97. The Bertz CT molecular complexity index is 546. The third-order valence-electron chi connectivity index (χ3n) is 3.77. The summed E-state index contributed by atoms with van der Waals surface area (Å²) in [6.07, 6.45) is 2.46. The van der Waals surface area contributed by atoms with Gasteiger partial charge in [-0.3, -0.25) is 4.90 Å². The van der Waals surface area contributed by atoms with Crippen molar-refractivity contribution < 1.29 is 4.52 Å². The van der Waals surface area contributed by atoms with E-state index in [1.165, 1.54) is 12.8 Å². The zero-order valence-electron chi connectivity index (χ0n) is 12.2. The highest BCUT2D eigenvalue weighted by molar-refractivity contribution is 5.85. The third kappa shape index (κ3) is 4.03. The molecule has 1 aliphatic rings. The van der Waals surface area contributed by atoms with Crippen LogP contribution in [0.25, 0.3) is 11.4 Å². The molecule has 6 heteroatoms. The van der Waals surface area contributed by atoms with Crippen LogP contribution in [0.5, 0.6) is 0 Å². The van der Waals surface area contributed by atoms with Crippen LogP contribution in [0.4, 0.5) is 0 Å². The number of halogens is 1. The van der Waals surface area contributed by atoms with Crippen molar-refractivity contribution in [3.05, 3.63) is 36.2 Å². The SMILES string of the molecule is CNC1CCCN(Cc2nc(-c3ccccc3)no2)C1.Cl. The quantitative estimate of drug-likeness (QED) is 0.939. The Morgan fingerprint density at radius 2 is 2.14 bits per heavy atom. The smallest absolute Gasteiger partial charge is 0.241 e. The highest BCUT2D eigenvalue weighted by Crippen LogP contribution is 2.17. The molecule has 0 bridgehead atoms. The molecule has 1 saturated heterocycles. The number of likely N-dealkylation sites (N-methyl/N-ethyl adjacent to an activating group) is 1. The molecule has 5 nitrogen and oxygen atoms in total. The fraction of sp³-hybridized carbons (Fsp3) is 0.467. The van der Waals surface area contributed by atoms with Crippen molar-refractivity contribution in [2.75, 3.05) is 20.1 Å². The fourth-order valence-corrected chi connectivity index (χ4v) is 2.65. The minimum atomic E-state index is 0. The Labute approximate surface area is 131 Å². The van der Waals surface area contributed by atoms with E-state index in [2.05, 4.69) is 20.4 Å². The van der Waals surface area contributed by atoms with Crippen LogP contribution in [0.2, 0.25) is 0 Å². The molecule has 1 N–H and O–H groups in total. The molecule has 0 aliphatic carbocycles. The summed E-state index contributed by atoms with van der Waals surface area (Å²) in [6, 6.07) is 10.5. The van der Waals surface area contributed by atoms with E-state index in [4.69, 9.17) is 4.52 Å². The van der Waals surface area contributed by atoms with Crippen molar-refractivity contribution >= 4 is 12.4 Å². The van der Waals surface area contributed by atoms with Crippen LogP contribution in [0.15, 0.2) is 34.9 Å². The molecule has 114 valence electrons. The number of aromatic nitrogens is 2. The average molecular weight is 309 g/mol. The number of hydrogen-bond donors (Lipinski definition) is 1. The standard InChI is InChI=1S/C15H20N4O.ClH/c1-16-13-8-5-9-19(10-13)11-14-17-15(18-20-14)12-6-3-2-4-7-12;/h2-4,6-7,13,16H,5,8-11H2,1H3;1H. The Morgan fingerprint density at radius 1 is 1.33 bits per heavy atom. The number of rotatable bonds is 4. The first kappa shape index (κ1) is 15.9. The van der Waals surface area contributed by atoms with Crippen LogP contribution in [0.3, 0.4) is 0 Å². The second kappa shape index (κ2) is 7.54. The van der Waals surface area contributed by atoms with Gasteiger partial charge < -0.3 is 9.84 Å². The first-order valence-corrected chi connectivity index (χ1v) is 7.13. The maximum Gasteiger partial charge on any atom is 0.241 e. The van der Waals surface area contributed by atoms with E-state index in [0.29, 0.717) is 17.8 Å². The molecular formula is C15H21ClN4O. The molecule has 1 aromatic heterocycles. The van der Waals surface area contributed by atoms with Gasteiger partial charge in [0, 0.05) is 18.2 Å². The van der Waals surface area contributed by atoms with Gasteiger partial charge in [-0.2, -0.15) is 4.98 Å². The molecule has 1 fully saturated rings. The van der Waals surface area contributed by atoms with Crippen LogP contribution >= 0.6 is 12.4 Å². The lowest BCUT2D eigenvalue weighted by molar-refractivity contribution is 0.167. The molecule has 2 aromatic rings. The zero-order valence-corrected chi connectivity index (χ0v) is 13.0. The van der Waals surface area contributed by atoms with Gasteiger partial charge in [0.2, 0.25) is 11.7 Å². The van der Waals surface area contributed by atoms with E-state index in [1.807, 2.05) is 37.4 Å². The van der Waals surface area contributed by atoms with Gasteiger partial charge in [0.05, 0.1) is 6.54 Å². The Hall–Kier alpha value is -1.43. The maximum absolute atomic E-state index is 5.37. The van der Waals surface area contributed by atoms with E-state index >= 15 is 0 Å². The monoisotopic (exact) mass is 308 g/mol. The molecule has 21 heavy (non-hydrogen) atoms. The largest absolute Gasteiger partial charge is 0.338 e. The van der Waals surface area contributed by atoms with E-state index < -0.39 is 0 Å². The first-order chi connectivity index (χ1) is 9.85. The molecule has 3 rings (SSSR count). The van der Waals surface area contributed by atoms with Gasteiger partial charge in [-0.15, -0.1) is 12.4 Å². The van der Waals surface area contributed by atoms with Crippen molar-refractivity contribution in [1.29, 1.82) is 0 Å². The lowest BCUT2D eigenvalue weighted by atomic mass is 10.1. The van der Waals surface area contributed by atoms with Crippen LogP contribution in [0.1, 0.15) is 18.7 Å². The van der Waals surface area contributed by atoms with Gasteiger partial charge in [0.15, 0.2) is 0 Å². The van der Waals surface area contributed by atoms with Crippen molar-refractivity contribution in [3.63, 3.8) is 0 Å². The first-order valence-electron chi connectivity index (χ1n) is 7.13. The minimum Gasteiger partial charge on any atom is -0.338 e. The number of nitrogens with zero attached hydrogens (tertiary/aromatic N) is 3. The molecule has 1 aliphatic heterocycles. The molecule has 0 radical (unpaired) electrons. The van der Waals surface area contributed by atoms with Crippen LogP contribution < -0.4 is 5.32 Å². The van der Waals surface area contributed by atoms with E-state index in [1.54, 1.807) is 0 Å². The highest BCUT2D eigenvalue weighted by Gasteiger charge is 2.20. The minimum absolute atomic E-state index is 0. The van der Waals surface area contributed by atoms with Crippen molar-refractivity contribution in [2.45, 2.75) is 25.4 Å². The molecule has 1 atom stereocenters. The van der Waals surface area contributed by atoms with Gasteiger partial charge in [-0.1, -0.05) is 35.5 Å². The number of piperidine rings is 1. The molecule has 1 aromatic carbocycles. The van der Waals surface area contributed by atoms with E-state index in [0.717, 1.165) is 25.2 Å². The van der Waals surface area contributed by atoms with E-state index in [-0.39, 0.29) is 12.4 Å². The summed E-state index contributed by atoms with van der Waals surface area (Å²) in [5.41, 5.74) is 0.995. The summed E-state index contributed by atoms with van der Waals surface area (Å²) in [4.78, 5) is 6.85. The van der Waals surface area contributed by atoms with Gasteiger partial charge >= 0.3 is 0 Å². The summed E-state index contributed by atoms with van der Waals surface area (Å²) >= 11 is 0. The second-order valence-corrected chi connectivity index (χ2v) is 5.24. The van der Waals surface area contributed by atoms with Crippen LogP contribution in [-0.2, 0) is 6.54 Å². The van der Waals surface area contributed by atoms with Gasteiger partial charge in [-0.25, -0.2) is 0 Å². The Balaban J connectivity index is 0.00000161. The predicted molar refractivity (Wildman–Crippen MR) is 84.3 cm³/mol. The van der Waals surface area contributed by atoms with Crippen LogP contribution in [0, 0.1) is 0 Å². The van der Waals surface area contributed by atoms with Gasteiger partial charge in [0.1, 0.15) is 0 Å². The third-order valence-corrected chi connectivity index (χ3v) is 3.77. The maximum atomic E-state index is 5.37. The number of likely N-dealkylation sites (tertiary alicyclic amines) is 1. The zero-order chi connectivity index (χ0) is 13.8. The van der Waals surface area contributed by atoms with Gasteiger partial charge in [-0.05, 0) is 26.4 Å². The molecular weight excluding hydrogens is 288 g/mol. The fourth-order valence-electron chi connectivity index (χ4n) is 2.65. The summed E-state index contributed by atoms with van der Waals surface area (Å²) < 4.78 is 5.37. The summed E-state index contributed by atoms with van der Waals surface area (Å²) in [5.74, 6) is 1.36. The Kier molecular flexibility index (Phi) is 5.73. The number of hydrogen-bond acceptors (Lipinski definition) is 5. The summed E-state index contributed by atoms with van der Waals surface area (Å²) in [5, 5.41) is 7.41. The summed E-state index contributed by atoms with van der Waals surface area (Å²) in [6.45, 7) is 2.87. The lowest BCUT2D eigenvalue weighted by Gasteiger charge is -2.31. The Morgan fingerprint density at radius 3 is 2.90 bits per heavy atom. The molecule has 2 heterocycles. The molecule has 0 saturated carbocycles. The van der Waals surface area contributed by atoms with Crippen molar-refractivity contribution in [3.8, 4) is 11.4 Å². The highest BCUT2D eigenvalue weighted by atomic mass is 35.5. The summed E-state index contributed by atoms with van der Waals surface area (Å²) in [7, 11) is 2.02. The predicted octanol–water partition coefficient (Wildman–Crippen LogP) is 2.34. The topological polar surface area (TPSA) is 54.2 Å². The molecule has 0 spiro atoms. The molecule has 1 unspecified atom stereocenters. The lowest BCUT2D eigenvalue weighted by Crippen LogP contribution is -2.43. The van der Waals surface area contributed by atoms with Crippen molar-refractivity contribution in [1.82, 2.24) is 20.4 Å². The van der Waals surface area contributed by atoms with Gasteiger partial charge in [0.25, 0.3) is 0 Å². The normalized spacial score (nSPS) is 19.2. The molecule has 0 amide bonds. The number of benzene rings is 1. The number of nitrogens with one attached hydrogen (secondary N) is 1. The van der Waals surface area contributed by atoms with Crippen LogP contribution in [-0.4, -0.2) is 41.2 Å². The van der Waals surface area contributed by atoms with Crippen molar-refractivity contribution in [2.24, 2.45) is 0 Å². The second-order valence-electron chi connectivity index (χ2n) is 5.24. The van der Waals surface area contributed by atoms with E-state index in [9.17, 15) is 0 Å².